The molecule has 0 bridgehead atoms. The van der Waals surface area contributed by atoms with Crippen molar-refractivity contribution in [2.24, 2.45) is 0 Å². The maximum absolute atomic E-state index is 12.2. The van der Waals surface area contributed by atoms with E-state index in [1.165, 1.54) is 11.3 Å². The van der Waals surface area contributed by atoms with Crippen LogP contribution >= 0.6 is 11.3 Å². The monoisotopic (exact) mass is 301 g/mol. The summed E-state index contributed by atoms with van der Waals surface area (Å²) < 4.78 is 5.25. The fourth-order valence-corrected chi connectivity index (χ4v) is 2.59. The van der Waals surface area contributed by atoms with Crippen LogP contribution in [0.1, 0.15) is 20.8 Å². The third-order valence-electron chi connectivity index (χ3n) is 2.81. The number of methoxy groups -OCH3 is 1. The Morgan fingerprint density at radius 1 is 1.38 bits per heavy atom. The molecular weight excluding hydrogens is 286 g/mol. The smallest absolute Gasteiger partial charge is 0.262 e. The summed E-state index contributed by atoms with van der Waals surface area (Å²) in [6, 6.07) is 9.30. The highest BCUT2D eigenvalue weighted by Crippen LogP contribution is 2.18. The lowest BCUT2D eigenvalue weighted by atomic mass is 10.2. The van der Waals surface area contributed by atoms with Gasteiger partial charge in [-0.15, -0.1) is 11.3 Å². The largest absolute Gasteiger partial charge is 0.496 e. The van der Waals surface area contributed by atoms with Crippen molar-refractivity contribution in [2.45, 2.75) is 6.54 Å². The molecule has 0 saturated heterocycles. The molecule has 0 aliphatic rings. The number of aliphatic hydroxyl groups is 1. The summed E-state index contributed by atoms with van der Waals surface area (Å²) in [6.07, 6.45) is 0. The number of carbonyl (C=O) groups is 1. The van der Waals surface area contributed by atoms with Crippen molar-refractivity contribution in [2.75, 3.05) is 13.7 Å². The summed E-state index contributed by atoms with van der Waals surface area (Å²) >= 11 is 1.33. The summed E-state index contributed by atoms with van der Waals surface area (Å²) in [5.41, 5.74) is 1.54. The van der Waals surface area contributed by atoms with Gasteiger partial charge in [-0.2, -0.15) is 0 Å². The molecule has 0 spiro atoms. The third kappa shape index (κ3) is 3.85. The molecule has 0 fully saturated rings. The van der Waals surface area contributed by atoms with Gasteiger partial charge < -0.3 is 15.2 Å². The number of hydrogen-bond donors (Lipinski definition) is 2. The fourth-order valence-electron chi connectivity index (χ4n) is 1.82. The van der Waals surface area contributed by atoms with Crippen LogP contribution in [-0.4, -0.2) is 24.7 Å². The molecule has 0 atom stereocenters. The summed E-state index contributed by atoms with van der Waals surface area (Å²) in [6.45, 7) is 0.158. The van der Waals surface area contributed by atoms with Crippen molar-refractivity contribution in [1.82, 2.24) is 5.32 Å². The molecule has 21 heavy (non-hydrogen) atoms. The Kier molecular flexibility index (Phi) is 5.38. The second-order valence-corrected chi connectivity index (χ2v) is 5.03. The first-order valence-electron chi connectivity index (χ1n) is 6.33. The molecule has 2 N–H and O–H groups in total. The number of nitrogens with one attached hydrogen (secondary N) is 1. The van der Waals surface area contributed by atoms with Gasteiger partial charge >= 0.3 is 0 Å². The minimum Gasteiger partial charge on any atom is -0.496 e. The number of rotatable bonds is 4. The van der Waals surface area contributed by atoms with E-state index in [0.29, 0.717) is 17.0 Å². The minimum absolute atomic E-state index is 0.182. The Morgan fingerprint density at radius 3 is 2.95 bits per heavy atom. The normalized spacial score (nSPS) is 9.62. The van der Waals surface area contributed by atoms with E-state index in [-0.39, 0.29) is 12.5 Å². The van der Waals surface area contributed by atoms with Gasteiger partial charge in [-0.25, -0.2) is 0 Å². The number of para-hydroxylation sites is 1. The van der Waals surface area contributed by atoms with E-state index in [1.54, 1.807) is 18.6 Å². The van der Waals surface area contributed by atoms with Crippen LogP contribution in [0.3, 0.4) is 0 Å². The van der Waals surface area contributed by atoms with Gasteiger partial charge in [0, 0.05) is 17.7 Å². The van der Waals surface area contributed by atoms with Crippen LogP contribution in [0.5, 0.6) is 5.75 Å². The molecule has 108 valence electrons. The lowest BCUT2D eigenvalue weighted by Gasteiger charge is -2.09. The van der Waals surface area contributed by atoms with Crippen LogP contribution in [0.4, 0.5) is 0 Å². The number of carbonyl (C=O) groups excluding carboxylic acids is 1. The summed E-state index contributed by atoms with van der Waals surface area (Å²) in [5, 5.41) is 13.4. The molecule has 0 unspecified atom stereocenters. The molecule has 0 saturated carbocycles. The maximum Gasteiger partial charge on any atom is 0.262 e. The first-order chi connectivity index (χ1) is 10.3. The Bertz CT molecular complexity index is 682. The molecule has 1 aromatic carbocycles. The van der Waals surface area contributed by atoms with Gasteiger partial charge in [0.2, 0.25) is 0 Å². The highest BCUT2D eigenvalue weighted by Gasteiger charge is 2.12. The summed E-state index contributed by atoms with van der Waals surface area (Å²) in [5.74, 6) is 5.88. The molecule has 0 aliphatic heterocycles. The third-order valence-corrected chi connectivity index (χ3v) is 3.72. The molecule has 1 heterocycles. The first kappa shape index (κ1) is 15.1. The molecule has 1 amide bonds. The molecule has 1 aromatic heterocycles. The Labute approximate surface area is 127 Å². The average Bonchev–Trinajstić information content (AvgIpc) is 2.99. The Hall–Kier alpha value is -2.29. The van der Waals surface area contributed by atoms with E-state index in [4.69, 9.17) is 9.84 Å². The van der Waals surface area contributed by atoms with E-state index in [1.807, 2.05) is 24.3 Å². The Balaban J connectivity index is 2.07. The molecule has 2 rings (SSSR count). The van der Waals surface area contributed by atoms with Crippen molar-refractivity contribution >= 4 is 17.2 Å². The van der Waals surface area contributed by atoms with Gasteiger partial charge in [0.15, 0.2) is 0 Å². The van der Waals surface area contributed by atoms with Crippen LogP contribution in [-0.2, 0) is 6.54 Å². The summed E-state index contributed by atoms with van der Waals surface area (Å²) in [7, 11) is 1.60. The fraction of sp³-hybridized carbons (Fsp3) is 0.188. The van der Waals surface area contributed by atoms with Crippen molar-refractivity contribution in [1.29, 1.82) is 0 Å². The van der Waals surface area contributed by atoms with Crippen molar-refractivity contribution < 1.29 is 14.6 Å². The molecule has 5 heteroatoms. The van der Waals surface area contributed by atoms with Gasteiger partial charge in [0.05, 0.1) is 7.11 Å². The van der Waals surface area contributed by atoms with Crippen LogP contribution in [0.25, 0.3) is 0 Å². The van der Waals surface area contributed by atoms with Gasteiger partial charge in [0.25, 0.3) is 5.91 Å². The predicted molar refractivity (Wildman–Crippen MR) is 82.4 cm³/mol. The van der Waals surface area contributed by atoms with Crippen molar-refractivity contribution in [3.8, 4) is 17.6 Å². The molecule has 0 aliphatic carbocycles. The number of benzene rings is 1. The van der Waals surface area contributed by atoms with Gasteiger partial charge in [-0.05, 0) is 17.5 Å². The Morgan fingerprint density at radius 2 is 2.19 bits per heavy atom. The number of amides is 1. The van der Waals surface area contributed by atoms with Crippen LogP contribution in [0.2, 0.25) is 0 Å². The number of thiophene rings is 1. The number of hydrogen-bond acceptors (Lipinski definition) is 4. The van der Waals surface area contributed by atoms with Gasteiger partial charge in [-0.3, -0.25) is 4.79 Å². The van der Waals surface area contributed by atoms with E-state index in [0.717, 1.165) is 11.3 Å². The van der Waals surface area contributed by atoms with Crippen LogP contribution in [0.15, 0.2) is 35.7 Å². The minimum atomic E-state index is -0.224. The SMILES string of the molecule is COc1ccccc1CNC(=O)c1sccc1C#CCO. The van der Waals surface area contributed by atoms with E-state index in [9.17, 15) is 4.79 Å². The summed E-state index contributed by atoms with van der Waals surface area (Å²) in [4.78, 5) is 12.7. The standard InChI is InChI=1S/C16H15NO3S/c1-20-14-7-3-2-5-13(14)11-17-16(19)15-12(6-4-9-18)8-10-21-15/h2-3,5,7-8,10,18H,9,11H2,1H3,(H,17,19). The second-order valence-electron chi connectivity index (χ2n) is 4.12. The number of aliphatic hydroxyl groups excluding tert-OH is 1. The second kappa shape index (κ2) is 7.48. The lowest BCUT2D eigenvalue weighted by molar-refractivity contribution is 0.0954. The molecule has 4 nitrogen and oxygen atoms in total. The lowest BCUT2D eigenvalue weighted by Crippen LogP contribution is -2.22. The van der Waals surface area contributed by atoms with E-state index in [2.05, 4.69) is 17.2 Å². The maximum atomic E-state index is 12.2. The predicted octanol–water partition coefficient (Wildman–Crippen LogP) is 2.03. The molecule has 2 aromatic rings. The van der Waals surface area contributed by atoms with Crippen molar-refractivity contribution in [3.63, 3.8) is 0 Å². The highest BCUT2D eigenvalue weighted by molar-refractivity contribution is 7.12. The van der Waals surface area contributed by atoms with Gasteiger partial charge in [-0.1, -0.05) is 30.0 Å². The zero-order valence-electron chi connectivity index (χ0n) is 11.6. The van der Waals surface area contributed by atoms with Crippen LogP contribution in [0, 0.1) is 11.8 Å². The highest BCUT2D eigenvalue weighted by atomic mass is 32.1. The van der Waals surface area contributed by atoms with Gasteiger partial charge in [0.1, 0.15) is 17.2 Å². The molecule has 0 radical (unpaired) electrons. The average molecular weight is 301 g/mol. The first-order valence-corrected chi connectivity index (χ1v) is 7.21. The zero-order chi connectivity index (χ0) is 15.1. The quantitative estimate of drug-likeness (QED) is 0.850. The van der Waals surface area contributed by atoms with E-state index < -0.39 is 0 Å². The van der Waals surface area contributed by atoms with Crippen LogP contribution < -0.4 is 10.1 Å². The molecular formula is C16H15NO3S. The van der Waals surface area contributed by atoms with Crippen molar-refractivity contribution in [3.05, 3.63) is 51.7 Å². The number of ether oxygens (including phenoxy) is 1. The zero-order valence-corrected chi connectivity index (χ0v) is 12.4. The van der Waals surface area contributed by atoms with E-state index >= 15 is 0 Å². The topological polar surface area (TPSA) is 58.6 Å².